The molecule has 0 amide bonds. The molecule has 10 heteroatoms. The number of aryl methyl sites for hydroxylation is 1. The molecule has 0 fully saturated rings. The van der Waals surface area contributed by atoms with Crippen LogP contribution in [0.3, 0.4) is 0 Å². The number of aromatic nitrogens is 3. The second-order valence-electron chi connectivity index (χ2n) is 8.22. The summed E-state index contributed by atoms with van der Waals surface area (Å²) in [5.74, 6) is 1.31. The van der Waals surface area contributed by atoms with Crippen LogP contribution in [0.4, 0.5) is 18.9 Å². The van der Waals surface area contributed by atoms with Gasteiger partial charge in [0.25, 0.3) is 0 Å². The molecule has 2 aromatic carbocycles. The summed E-state index contributed by atoms with van der Waals surface area (Å²) in [5, 5.41) is 5.26. The summed E-state index contributed by atoms with van der Waals surface area (Å²) in [7, 11) is 5.20. The lowest BCUT2D eigenvalue weighted by atomic mass is 10.1. The van der Waals surface area contributed by atoms with Gasteiger partial charge in [0.1, 0.15) is 5.65 Å². The SMILES string of the molecule is COc1cc2c(-c3cc4c(CNc5ccc(SC(F)(F)F)cc5)ccnc4[nH]3)cn(C)c2cc1OC. The summed E-state index contributed by atoms with van der Waals surface area (Å²) in [5.41, 5.74) is 1.11. The third kappa shape index (κ3) is 4.68. The molecule has 5 rings (SSSR count). The molecule has 0 aliphatic carbocycles. The van der Waals surface area contributed by atoms with Gasteiger partial charge in [0, 0.05) is 64.7 Å². The van der Waals surface area contributed by atoms with E-state index in [9.17, 15) is 13.2 Å². The standard InChI is InChI=1S/C26H23F3N4O2S/c1-33-14-20(19-11-23(34-2)24(35-3)12-22(19)33)21-10-18-15(8-9-30-25(18)32-21)13-31-16-4-6-17(7-5-16)36-26(27,28)29/h4-12,14,31H,13H2,1-3H3,(H,30,32). The van der Waals surface area contributed by atoms with E-state index in [0.29, 0.717) is 18.0 Å². The zero-order valence-corrected chi connectivity index (χ0v) is 20.6. The Hall–Kier alpha value is -3.79. The molecule has 0 spiro atoms. The number of pyridine rings is 1. The lowest BCUT2D eigenvalue weighted by Gasteiger charge is -2.09. The van der Waals surface area contributed by atoms with Crippen LogP contribution in [-0.4, -0.2) is 34.3 Å². The number of hydrogen-bond donors (Lipinski definition) is 2. The van der Waals surface area contributed by atoms with Crippen molar-refractivity contribution in [1.82, 2.24) is 14.5 Å². The van der Waals surface area contributed by atoms with Crippen molar-refractivity contribution in [3.8, 4) is 22.8 Å². The number of nitrogens with zero attached hydrogens (tertiary/aromatic N) is 2. The molecule has 0 aliphatic rings. The lowest BCUT2D eigenvalue weighted by molar-refractivity contribution is -0.0328. The number of fused-ring (bicyclic) bond motifs is 2. The number of anilines is 1. The van der Waals surface area contributed by atoms with Gasteiger partial charge in [0.15, 0.2) is 11.5 Å². The molecule has 6 nitrogen and oxygen atoms in total. The minimum atomic E-state index is -4.30. The van der Waals surface area contributed by atoms with E-state index in [1.807, 2.05) is 36.0 Å². The first-order valence-corrected chi connectivity index (χ1v) is 11.8. The minimum Gasteiger partial charge on any atom is -0.493 e. The molecule has 5 aromatic rings. The van der Waals surface area contributed by atoms with Crippen LogP contribution in [0.5, 0.6) is 11.5 Å². The third-order valence-corrected chi connectivity index (χ3v) is 6.72. The predicted octanol–water partition coefficient (Wildman–Crippen LogP) is 6.96. The monoisotopic (exact) mass is 512 g/mol. The number of halogens is 3. The number of alkyl halides is 3. The molecule has 0 bridgehead atoms. The number of aromatic amines is 1. The summed E-state index contributed by atoms with van der Waals surface area (Å²) >= 11 is -0.124. The van der Waals surface area contributed by atoms with Crippen LogP contribution < -0.4 is 14.8 Å². The van der Waals surface area contributed by atoms with E-state index < -0.39 is 5.51 Å². The topological polar surface area (TPSA) is 64.1 Å². The Balaban J connectivity index is 1.44. The van der Waals surface area contributed by atoms with Crippen LogP contribution >= 0.6 is 11.8 Å². The van der Waals surface area contributed by atoms with E-state index >= 15 is 0 Å². The number of hydrogen-bond acceptors (Lipinski definition) is 5. The van der Waals surface area contributed by atoms with Gasteiger partial charge in [-0.15, -0.1) is 0 Å². The van der Waals surface area contributed by atoms with E-state index in [-0.39, 0.29) is 16.7 Å². The van der Waals surface area contributed by atoms with Crippen molar-refractivity contribution in [2.45, 2.75) is 16.9 Å². The van der Waals surface area contributed by atoms with Crippen molar-refractivity contribution in [2.24, 2.45) is 7.05 Å². The van der Waals surface area contributed by atoms with Gasteiger partial charge in [-0.3, -0.25) is 0 Å². The van der Waals surface area contributed by atoms with E-state index in [1.165, 1.54) is 12.1 Å². The maximum atomic E-state index is 12.6. The fourth-order valence-electron chi connectivity index (χ4n) is 4.28. The van der Waals surface area contributed by atoms with E-state index in [1.54, 1.807) is 32.5 Å². The van der Waals surface area contributed by atoms with Gasteiger partial charge in [-0.2, -0.15) is 13.2 Å². The first-order chi connectivity index (χ1) is 17.3. The summed E-state index contributed by atoms with van der Waals surface area (Å²) in [6.45, 7) is 0.489. The molecular weight excluding hydrogens is 489 g/mol. The Bertz CT molecular complexity index is 1540. The predicted molar refractivity (Wildman–Crippen MR) is 137 cm³/mol. The zero-order chi connectivity index (χ0) is 25.4. The van der Waals surface area contributed by atoms with Crippen LogP contribution in [0.1, 0.15) is 5.56 Å². The van der Waals surface area contributed by atoms with E-state index in [0.717, 1.165) is 44.4 Å². The van der Waals surface area contributed by atoms with Gasteiger partial charge in [0.05, 0.1) is 19.7 Å². The smallest absolute Gasteiger partial charge is 0.446 e. The average Bonchev–Trinajstić information content (AvgIpc) is 3.43. The summed E-state index contributed by atoms with van der Waals surface area (Å²) < 4.78 is 50.7. The van der Waals surface area contributed by atoms with Crippen molar-refractivity contribution in [3.05, 3.63) is 66.5 Å². The van der Waals surface area contributed by atoms with Crippen LogP contribution in [-0.2, 0) is 13.6 Å². The van der Waals surface area contributed by atoms with Crippen molar-refractivity contribution in [2.75, 3.05) is 19.5 Å². The number of rotatable bonds is 7. The van der Waals surface area contributed by atoms with Crippen LogP contribution in [0.25, 0.3) is 33.2 Å². The number of benzene rings is 2. The highest BCUT2D eigenvalue weighted by Gasteiger charge is 2.29. The number of nitrogens with one attached hydrogen (secondary N) is 2. The number of thioether (sulfide) groups is 1. The summed E-state index contributed by atoms with van der Waals surface area (Å²) in [6.07, 6.45) is 3.78. The Morgan fingerprint density at radius 3 is 2.42 bits per heavy atom. The fraction of sp³-hybridized carbons (Fsp3) is 0.192. The summed E-state index contributed by atoms with van der Waals surface area (Å²) in [6, 6.07) is 14.1. The highest BCUT2D eigenvalue weighted by Crippen LogP contribution is 2.39. The Kier molecular flexibility index (Phi) is 6.21. The zero-order valence-electron chi connectivity index (χ0n) is 19.7. The molecule has 2 N–H and O–H groups in total. The highest BCUT2D eigenvalue weighted by molar-refractivity contribution is 8.00. The second-order valence-corrected chi connectivity index (χ2v) is 9.36. The number of H-pyrrole nitrogens is 1. The summed E-state index contributed by atoms with van der Waals surface area (Å²) in [4.78, 5) is 8.06. The maximum Gasteiger partial charge on any atom is 0.446 e. The first-order valence-electron chi connectivity index (χ1n) is 11.0. The van der Waals surface area contributed by atoms with Crippen LogP contribution in [0.15, 0.2) is 65.8 Å². The van der Waals surface area contributed by atoms with Gasteiger partial charge < -0.3 is 24.3 Å². The van der Waals surface area contributed by atoms with Crippen molar-refractivity contribution in [1.29, 1.82) is 0 Å². The molecule has 0 radical (unpaired) electrons. The Morgan fingerprint density at radius 1 is 1.00 bits per heavy atom. The quantitative estimate of drug-likeness (QED) is 0.231. The Labute approximate surface area is 209 Å². The molecule has 0 unspecified atom stereocenters. The highest BCUT2D eigenvalue weighted by atomic mass is 32.2. The van der Waals surface area contributed by atoms with E-state index in [4.69, 9.17) is 9.47 Å². The normalized spacial score (nSPS) is 11.8. The van der Waals surface area contributed by atoms with Crippen LogP contribution in [0.2, 0.25) is 0 Å². The lowest BCUT2D eigenvalue weighted by Crippen LogP contribution is -2.01. The minimum absolute atomic E-state index is 0.124. The molecule has 0 aliphatic heterocycles. The number of ether oxygens (including phenoxy) is 2. The van der Waals surface area contributed by atoms with Crippen LogP contribution in [0, 0.1) is 0 Å². The second kappa shape index (κ2) is 9.34. The van der Waals surface area contributed by atoms with Gasteiger partial charge in [-0.05, 0) is 59.8 Å². The van der Waals surface area contributed by atoms with Gasteiger partial charge in [0.2, 0.25) is 0 Å². The largest absolute Gasteiger partial charge is 0.493 e. The van der Waals surface area contributed by atoms with Gasteiger partial charge in [-0.25, -0.2) is 4.98 Å². The van der Waals surface area contributed by atoms with E-state index in [2.05, 4.69) is 21.4 Å². The molecular formula is C26H23F3N4O2S. The Morgan fingerprint density at radius 2 is 1.72 bits per heavy atom. The fourth-order valence-corrected chi connectivity index (χ4v) is 4.82. The first kappa shape index (κ1) is 23.9. The van der Waals surface area contributed by atoms with Gasteiger partial charge >= 0.3 is 5.51 Å². The molecule has 0 atom stereocenters. The maximum absolute atomic E-state index is 12.6. The molecule has 3 aromatic heterocycles. The molecule has 186 valence electrons. The number of methoxy groups -OCH3 is 2. The van der Waals surface area contributed by atoms with Crippen molar-refractivity contribution >= 4 is 39.4 Å². The van der Waals surface area contributed by atoms with Crippen molar-refractivity contribution < 1.29 is 22.6 Å². The molecule has 0 saturated carbocycles. The van der Waals surface area contributed by atoms with Crippen molar-refractivity contribution in [3.63, 3.8) is 0 Å². The average molecular weight is 513 g/mol. The van der Waals surface area contributed by atoms with Gasteiger partial charge in [-0.1, -0.05) is 0 Å². The molecule has 0 saturated heterocycles. The molecule has 3 heterocycles. The third-order valence-electron chi connectivity index (χ3n) is 5.98. The molecule has 36 heavy (non-hydrogen) atoms.